The average Bonchev–Trinajstić information content (AvgIpc) is 2.23. The Hall–Kier alpha value is -0.510. The van der Waals surface area contributed by atoms with E-state index < -0.39 is 0 Å². The molecule has 0 saturated heterocycles. The van der Waals surface area contributed by atoms with Crippen LogP contribution in [0.4, 0.5) is 0 Å². The highest BCUT2D eigenvalue weighted by Gasteiger charge is 2.26. The van der Waals surface area contributed by atoms with Crippen molar-refractivity contribution < 1.29 is 5.11 Å². The van der Waals surface area contributed by atoms with Gasteiger partial charge in [-0.1, -0.05) is 12.1 Å². The summed E-state index contributed by atoms with van der Waals surface area (Å²) in [6, 6.07) is 9.14. The van der Waals surface area contributed by atoms with Gasteiger partial charge in [-0.05, 0) is 36.8 Å². The minimum absolute atomic E-state index is 0.0682. The van der Waals surface area contributed by atoms with Crippen LogP contribution in [0, 0.1) is 0 Å². The number of benzene rings is 1. The van der Waals surface area contributed by atoms with Gasteiger partial charge in [-0.25, -0.2) is 0 Å². The third-order valence-electron chi connectivity index (χ3n) is 2.87. The third-order valence-corrected chi connectivity index (χ3v) is 3.61. The second-order valence-corrected chi connectivity index (χ2v) is 4.93. The molecule has 15 heavy (non-hydrogen) atoms. The van der Waals surface area contributed by atoms with Crippen LogP contribution in [0.3, 0.4) is 0 Å². The fourth-order valence-electron chi connectivity index (χ4n) is 1.76. The number of rotatable bonds is 4. The van der Waals surface area contributed by atoms with E-state index in [1.165, 1.54) is 10.5 Å². The highest BCUT2D eigenvalue weighted by Crippen LogP contribution is 2.20. The lowest BCUT2D eigenvalue weighted by Gasteiger charge is -2.32. The molecule has 0 spiro atoms. The van der Waals surface area contributed by atoms with Crippen LogP contribution in [0.2, 0.25) is 0 Å². The van der Waals surface area contributed by atoms with Gasteiger partial charge in [-0.2, -0.15) is 0 Å². The molecule has 1 aliphatic carbocycles. The zero-order chi connectivity index (χ0) is 10.7. The molecule has 0 atom stereocenters. The number of aliphatic hydroxyl groups is 1. The Morgan fingerprint density at radius 1 is 1.33 bits per heavy atom. The Morgan fingerprint density at radius 2 is 2.00 bits per heavy atom. The van der Waals surface area contributed by atoms with Gasteiger partial charge in [0, 0.05) is 17.5 Å². The van der Waals surface area contributed by atoms with Crippen LogP contribution in [0.15, 0.2) is 29.2 Å². The van der Waals surface area contributed by atoms with E-state index in [0.717, 1.165) is 19.4 Å². The van der Waals surface area contributed by atoms with Gasteiger partial charge in [0.15, 0.2) is 0 Å². The van der Waals surface area contributed by atoms with Crippen molar-refractivity contribution >= 4 is 11.8 Å². The maximum Gasteiger partial charge on any atom is 0.0570 e. The van der Waals surface area contributed by atoms with E-state index in [0.29, 0.717) is 6.04 Å². The molecule has 0 radical (unpaired) electrons. The summed E-state index contributed by atoms with van der Waals surface area (Å²) in [6.07, 6.45) is 3.83. The first kappa shape index (κ1) is 11.0. The molecule has 0 aromatic heterocycles. The Bertz CT molecular complexity index is 306. The summed E-state index contributed by atoms with van der Waals surface area (Å²) in [5.41, 5.74) is 1.31. The summed E-state index contributed by atoms with van der Waals surface area (Å²) in [6.45, 7) is 0.909. The molecule has 1 aromatic rings. The molecule has 1 aliphatic rings. The standard InChI is InChI=1S/C12H17NOS/c1-15-12-4-2-9(3-5-12)8-13-10-6-11(14)7-10/h2-5,10-11,13-14H,6-8H2,1H3. The predicted octanol–water partition coefficient (Wildman–Crippen LogP) is 2.02. The maximum absolute atomic E-state index is 9.14. The number of thioether (sulfide) groups is 1. The van der Waals surface area contributed by atoms with Crippen molar-refractivity contribution in [1.82, 2.24) is 5.32 Å². The van der Waals surface area contributed by atoms with Crippen molar-refractivity contribution in [2.75, 3.05) is 6.26 Å². The molecule has 2 nitrogen and oxygen atoms in total. The number of hydrogen-bond donors (Lipinski definition) is 2. The number of aliphatic hydroxyl groups excluding tert-OH is 1. The zero-order valence-corrected chi connectivity index (χ0v) is 9.76. The van der Waals surface area contributed by atoms with Gasteiger partial charge in [-0.3, -0.25) is 0 Å². The Kier molecular flexibility index (Phi) is 3.67. The van der Waals surface area contributed by atoms with Crippen LogP contribution in [-0.4, -0.2) is 23.5 Å². The zero-order valence-electron chi connectivity index (χ0n) is 8.94. The van der Waals surface area contributed by atoms with Crippen LogP contribution < -0.4 is 5.32 Å². The van der Waals surface area contributed by atoms with Crippen LogP contribution in [-0.2, 0) is 6.54 Å². The fourth-order valence-corrected chi connectivity index (χ4v) is 2.17. The summed E-state index contributed by atoms with van der Waals surface area (Å²) in [5, 5.41) is 12.6. The molecule has 2 rings (SSSR count). The van der Waals surface area contributed by atoms with E-state index >= 15 is 0 Å². The van der Waals surface area contributed by atoms with Crippen LogP contribution in [0.25, 0.3) is 0 Å². The molecule has 2 N–H and O–H groups in total. The largest absolute Gasteiger partial charge is 0.393 e. The first-order valence-electron chi connectivity index (χ1n) is 5.32. The molecule has 0 heterocycles. The summed E-state index contributed by atoms with van der Waals surface area (Å²) in [7, 11) is 0. The molecule has 1 saturated carbocycles. The van der Waals surface area contributed by atoms with E-state index in [-0.39, 0.29) is 6.10 Å². The quantitative estimate of drug-likeness (QED) is 0.766. The fraction of sp³-hybridized carbons (Fsp3) is 0.500. The van der Waals surface area contributed by atoms with Gasteiger partial charge in [0.1, 0.15) is 0 Å². The highest BCUT2D eigenvalue weighted by atomic mass is 32.2. The molecular weight excluding hydrogens is 206 g/mol. The predicted molar refractivity (Wildman–Crippen MR) is 64.1 cm³/mol. The monoisotopic (exact) mass is 223 g/mol. The van der Waals surface area contributed by atoms with Crippen LogP contribution in [0.1, 0.15) is 18.4 Å². The van der Waals surface area contributed by atoms with Gasteiger partial charge < -0.3 is 10.4 Å². The third kappa shape index (κ3) is 2.97. The van der Waals surface area contributed by atoms with Gasteiger partial charge in [0.05, 0.1) is 6.10 Å². The van der Waals surface area contributed by atoms with Gasteiger partial charge in [0.2, 0.25) is 0 Å². The first-order chi connectivity index (χ1) is 7.28. The Balaban J connectivity index is 1.78. The van der Waals surface area contributed by atoms with Crippen molar-refractivity contribution in [2.45, 2.75) is 36.4 Å². The summed E-state index contributed by atoms with van der Waals surface area (Å²) in [5.74, 6) is 0. The smallest absolute Gasteiger partial charge is 0.0570 e. The first-order valence-corrected chi connectivity index (χ1v) is 6.55. The number of hydrogen-bond acceptors (Lipinski definition) is 3. The molecule has 82 valence electrons. The molecular formula is C12H17NOS. The molecule has 0 amide bonds. The van der Waals surface area contributed by atoms with Crippen molar-refractivity contribution in [3.63, 3.8) is 0 Å². The average molecular weight is 223 g/mol. The minimum Gasteiger partial charge on any atom is -0.393 e. The maximum atomic E-state index is 9.14. The van der Waals surface area contributed by atoms with E-state index in [1.54, 1.807) is 11.8 Å². The molecule has 0 aliphatic heterocycles. The normalized spacial score (nSPS) is 24.9. The van der Waals surface area contributed by atoms with E-state index in [2.05, 4.69) is 35.8 Å². The second kappa shape index (κ2) is 5.01. The van der Waals surface area contributed by atoms with Crippen molar-refractivity contribution in [3.8, 4) is 0 Å². The SMILES string of the molecule is CSc1ccc(CNC2CC(O)C2)cc1. The highest BCUT2D eigenvalue weighted by molar-refractivity contribution is 7.98. The van der Waals surface area contributed by atoms with E-state index in [9.17, 15) is 0 Å². The molecule has 1 aromatic carbocycles. The van der Waals surface area contributed by atoms with E-state index in [4.69, 9.17) is 5.11 Å². The van der Waals surface area contributed by atoms with E-state index in [1.807, 2.05) is 0 Å². The second-order valence-electron chi connectivity index (χ2n) is 4.05. The lowest BCUT2D eigenvalue weighted by atomic mass is 9.89. The van der Waals surface area contributed by atoms with Crippen LogP contribution in [0.5, 0.6) is 0 Å². The Morgan fingerprint density at radius 3 is 2.53 bits per heavy atom. The molecule has 0 unspecified atom stereocenters. The topological polar surface area (TPSA) is 32.3 Å². The lowest BCUT2D eigenvalue weighted by Crippen LogP contribution is -2.43. The van der Waals surface area contributed by atoms with Gasteiger partial charge in [0.25, 0.3) is 0 Å². The lowest BCUT2D eigenvalue weighted by molar-refractivity contribution is 0.0619. The molecule has 1 fully saturated rings. The summed E-state index contributed by atoms with van der Waals surface area (Å²) >= 11 is 1.76. The summed E-state index contributed by atoms with van der Waals surface area (Å²) in [4.78, 5) is 1.30. The molecule has 0 bridgehead atoms. The Labute approximate surface area is 95.1 Å². The van der Waals surface area contributed by atoms with Crippen molar-refractivity contribution in [2.24, 2.45) is 0 Å². The van der Waals surface area contributed by atoms with Gasteiger partial charge in [-0.15, -0.1) is 11.8 Å². The van der Waals surface area contributed by atoms with Crippen molar-refractivity contribution in [3.05, 3.63) is 29.8 Å². The number of nitrogens with one attached hydrogen (secondary N) is 1. The van der Waals surface area contributed by atoms with Crippen LogP contribution >= 0.6 is 11.8 Å². The van der Waals surface area contributed by atoms with Gasteiger partial charge >= 0.3 is 0 Å². The van der Waals surface area contributed by atoms with Crippen molar-refractivity contribution in [1.29, 1.82) is 0 Å². The summed E-state index contributed by atoms with van der Waals surface area (Å²) < 4.78 is 0. The molecule has 3 heteroatoms. The minimum atomic E-state index is -0.0682.